The summed E-state index contributed by atoms with van der Waals surface area (Å²) in [6, 6.07) is 1.53. The van der Waals surface area contributed by atoms with Crippen molar-refractivity contribution in [2.45, 2.75) is 36.9 Å². The molecule has 120 valence electrons. The zero-order valence-corrected chi connectivity index (χ0v) is 12.7. The van der Waals surface area contributed by atoms with Gasteiger partial charge in [-0.15, -0.1) is 0 Å². The summed E-state index contributed by atoms with van der Waals surface area (Å²) >= 11 is 5.70. The minimum atomic E-state index is -4.66. The van der Waals surface area contributed by atoms with Gasteiger partial charge in [0.05, 0.1) is 10.6 Å². The van der Waals surface area contributed by atoms with Crippen molar-refractivity contribution >= 4 is 21.6 Å². The van der Waals surface area contributed by atoms with Crippen LogP contribution in [0.1, 0.15) is 25.3 Å². The summed E-state index contributed by atoms with van der Waals surface area (Å²) in [5.41, 5.74) is -1.09. The number of aliphatic hydroxyl groups excluding tert-OH is 1. The van der Waals surface area contributed by atoms with Crippen molar-refractivity contribution in [2.24, 2.45) is 0 Å². The lowest BCUT2D eigenvalue weighted by atomic mass is 10.2. The molecule has 0 aromatic heterocycles. The third-order valence-electron chi connectivity index (χ3n) is 2.84. The van der Waals surface area contributed by atoms with E-state index in [1.807, 2.05) is 0 Å². The van der Waals surface area contributed by atoms with Gasteiger partial charge in [-0.2, -0.15) is 13.2 Å². The second-order valence-corrected chi connectivity index (χ2v) is 6.47. The number of hydrogen-bond acceptors (Lipinski definition) is 3. The molecule has 21 heavy (non-hydrogen) atoms. The first-order valence-electron chi connectivity index (χ1n) is 6.11. The Balaban J connectivity index is 3.19. The van der Waals surface area contributed by atoms with Crippen molar-refractivity contribution in [1.29, 1.82) is 0 Å². The average molecular weight is 346 g/mol. The summed E-state index contributed by atoms with van der Waals surface area (Å²) in [7, 11) is -4.20. The number of aliphatic hydroxyl groups is 1. The van der Waals surface area contributed by atoms with E-state index in [4.69, 9.17) is 16.7 Å². The fourth-order valence-corrected chi connectivity index (χ4v) is 3.55. The number of benzene rings is 1. The molecule has 1 aromatic rings. The van der Waals surface area contributed by atoms with Crippen LogP contribution in [0.15, 0.2) is 23.1 Å². The molecule has 0 heterocycles. The van der Waals surface area contributed by atoms with Gasteiger partial charge in [-0.05, 0) is 31.0 Å². The van der Waals surface area contributed by atoms with Gasteiger partial charge in [0, 0.05) is 12.6 Å². The first-order valence-corrected chi connectivity index (χ1v) is 7.98. The first-order chi connectivity index (χ1) is 9.61. The molecule has 0 saturated carbocycles. The Bertz CT molecular complexity index is 590. The second kappa shape index (κ2) is 6.95. The average Bonchev–Trinajstić information content (AvgIpc) is 2.36. The highest BCUT2D eigenvalue weighted by atomic mass is 35.5. The highest BCUT2D eigenvalue weighted by Gasteiger charge is 2.33. The van der Waals surface area contributed by atoms with Crippen LogP contribution in [0.25, 0.3) is 0 Å². The molecule has 0 aliphatic carbocycles. The van der Waals surface area contributed by atoms with Crippen LogP contribution >= 0.6 is 11.6 Å². The van der Waals surface area contributed by atoms with Crippen LogP contribution < -0.4 is 4.72 Å². The van der Waals surface area contributed by atoms with Gasteiger partial charge >= 0.3 is 6.18 Å². The Labute approximate surface area is 126 Å². The Morgan fingerprint density at radius 2 is 2.00 bits per heavy atom. The standard InChI is InChI=1S/C12H15ClF3NO3S/c1-2-9(5-6-18)17-21(19,20)11-7-8(12(14,15)16)3-4-10(11)13/h3-4,7,9,17-18H,2,5-6H2,1H3. The molecule has 0 spiro atoms. The number of hydrogen-bond donors (Lipinski definition) is 2. The van der Waals surface area contributed by atoms with Crippen molar-refractivity contribution in [3.8, 4) is 0 Å². The van der Waals surface area contributed by atoms with Crippen molar-refractivity contribution in [1.82, 2.24) is 4.72 Å². The number of rotatable bonds is 6. The lowest BCUT2D eigenvalue weighted by molar-refractivity contribution is -0.137. The Kier molecular flexibility index (Phi) is 6.03. The SMILES string of the molecule is CCC(CCO)NS(=O)(=O)c1cc(C(F)(F)F)ccc1Cl. The molecular formula is C12H15ClF3NO3S. The number of halogens is 4. The zero-order chi connectivity index (χ0) is 16.3. The van der Waals surface area contributed by atoms with Crippen LogP contribution in [0, 0.1) is 0 Å². The van der Waals surface area contributed by atoms with Gasteiger partial charge in [0.15, 0.2) is 0 Å². The van der Waals surface area contributed by atoms with Gasteiger partial charge in [0.2, 0.25) is 10.0 Å². The van der Waals surface area contributed by atoms with E-state index in [1.165, 1.54) is 0 Å². The zero-order valence-electron chi connectivity index (χ0n) is 11.1. The maximum Gasteiger partial charge on any atom is 0.416 e. The van der Waals surface area contributed by atoms with Crippen molar-refractivity contribution in [3.63, 3.8) is 0 Å². The van der Waals surface area contributed by atoms with Gasteiger partial charge in [0.1, 0.15) is 4.90 Å². The Morgan fingerprint density at radius 1 is 1.38 bits per heavy atom. The largest absolute Gasteiger partial charge is 0.416 e. The van der Waals surface area contributed by atoms with Crippen LogP contribution in [0.3, 0.4) is 0 Å². The molecule has 0 aliphatic heterocycles. The second-order valence-electron chi connectivity index (χ2n) is 4.38. The molecule has 0 fully saturated rings. The van der Waals surface area contributed by atoms with E-state index >= 15 is 0 Å². The number of alkyl halides is 3. The maximum absolute atomic E-state index is 12.6. The van der Waals surface area contributed by atoms with E-state index in [0.717, 1.165) is 6.07 Å². The third kappa shape index (κ3) is 4.84. The van der Waals surface area contributed by atoms with E-state index in [0.29, 0.717) is 18.6 Å². The van der Waals surface area contributed by atoms with E-state index < -0.39 is 32.7 Å². The van der Waals surface area contributed by atoms with Crippen LogP contribution in [-0.4, -0.2) is 26.2 Å². The molecule has 9 heteroatoms. The first kappa shape index (κ1) is 18.2. The van der Waals surface area contributed by atoms with E-state index in [-0.39, 0.29) is 18.1 Å². The summed E-state index contributed by atoms with van der Waals surface area (Å²) < 4.78 is 64.4. The van der Waals surface area contributed by atoms with Crippen LogP contribution in [0.4, 0.5) is 13.2 Å². The Morgan fingerprint density at radius 3 is 2.48 bits per heavy atom. The van der Waals surface area contributed by atoms with E-state index in [9.17, 15) is 21.6 Å². The predicted octanol–water partition coefficient (Wildman–Crippen LogP) is 2.80. The molecule has 1 atom stereocenters. The highest BCUT2D eigenvalue weighted by molar-refractivity contribution is 7.89. The summed E-state index contributed by atoms with van der Waals surface area (Å²) in [5, 5.41) is 8.53. The molecule has 0 saturated heterocycles. The van der Waals surface area contributed by atoms with Crippen LogP contribution in [-0.2, 0) is 16.2 Å². The fraction of sp³-hybridized carbons (Fsp3) is 0.500. The summed E-state index contributed by atoms with van der Waals surface area (Å²) in [4.78, 5) is -0.629. The van der Waals surface area contributed by atoms with E-state index in [2.05, 4.69) is 4.72 Å². The highest BCUT2D eigenvalue weighted by Crippen LogP contribution is 2.33. The molecule has 0 bridgehead atoms. The van der Waals surface area contributed by atoms with Gasteiger partial charge in [0.25, 0.3) is 0 Å². The van der Waals surface area contributed by atoms with Gasteiger partial charge in [-0.1, -0.05) is 18.5 Å². The molecule has 0 amide bonds. The Hall–Kier alpha value is -0.830. The molecule has 4 nitrogen and oxygen atoms in total. The smallest absolute Gasteiger partial charge is 0.396 e. The minimum Gasteiger partial charge on any atom is -0.396 e. The summed E-state index contributed by atoms with van der Waals surface area (Å²) in [5.74, 6) is 0. The molecular weight excluding hydrogens is 331 g/mol. The third-order valence-corrected chi connectivity index (χ3v) is 4.84. The number of sulfonamides is 1. The van der Waals surface area contributed by atoms with Crippen molar-refractivity contribution in [2.75, 3.05) is 6.61 Å². The van der Waals surface area contributed by atoms with Gasteiger partial charge in [-0.3, -0.25) is 0 Å². The van der Waals surface area contributed by atoms with Crippen LogP contribution in [0.5, 0.6) is 0 Å². The lowest BCUT2D eigenvalue weighted by Crippen LogP contribution is -2.35. The summed E-state index contributed by atoms with van der Waals surface area (Å²) in [6.07, 6.45) is -4.12. The maximum atomic E-state index is 12.6. The molecule has 1 rings (SSSR count). The quantitative estimate of drug-likeness (QED) is 0.833. The topological polar surface area (TPSA) is 66.4 Å². The normalized spacial score (nSPS) is 14.2. The summed E-state index contributed by atoms with van der Waals surface area (Å²) in [6.45, 7) is 1.45. The number of nitrogens with one attached hydrogen (secondary N) is 1. The lowest BCUT2D eigenvalue weighted by Gasteiger charge is -2.17. The minimum absolute atomic E-state index is 0.159. The monoisotopic (exact) mass is 345 g/mol. The molecule has 1 aromatic carbocycles. The molecule has 0 aliphatic rings. The van der Waals surface area contributed by atoms with Crippen molar-refractivity contribution in [3.05, 3.63) is 28.8 Å². The van der Waals surface area contributed by atoms with Crippen LogP contribution in [0.2, 0.25) is 5.02 Å². The predicted molar refractivity (Wildman–Crippen MR) is 72.6 cm³/mol. The molecule has 2 N–H and O–H groups in total. The van der Waals surface area contributed by atoms with Gasteiger partial charge < -0.3 is 5.11 Å². The van der Waals surface area contributed by atoms with E-state index in [1.54, 1.807) is 6.92 Å². The van der Waals surface area contributed by atoms with Gasteiger partial charge in [-0.25, -0.2) is 13.1 Å². The fourth-order valence-electron chi connectivity index (χ4n) is 1.67. The molecule has 1 unspecified atom stereocenters. The van der Waals surface area contributed by atoms with Crippen molar-refractivity contribution < 1.29 is 26.7 Å². The molecule has 0 radical (unpaired) electrons.